The quantitative estimate of drug-likeness (QED) is 0.240. The number of para-hydroxylation sites is 1. The van der Waals surface area contributed by atoms with Crippen molar-refractivity contribution in [2.45, 2.75) is 34.1 Å². The van der Waals surface area contributed by atoms with Crippen LogP contribution in [0.1, 0.15) is 37.0 Å². The fraction of sp³-hybridized carbons (Fsp3) is 0.250. The minimum atomic E-state index is -0.889. The number of rotatable bonds is 11. The first kappa shape index (κ1) is 29.9. The van der Waals surface area contributed by atoms with Crippen LogP contribution < -0.4 is 29.7 Å². The van der Waals surface area contributed by atoms with Gasteiger partial charge in [-0.05, 0) is 68.7 Å². The summed E-state index contributed by atoms with van der Waals surface area (Å²) >= 11 is 0. The first-order chi connectivity index (χ1) is 20.2. The summed E-state index contributed by atoms with van der Waals surface area (Å²) in [4.78, 5) is 52.6. The van der Waals surface area contributed by atoms with Gasteiger partial charge in [0.15, 0.2) is 18.1 Å². The van der Waals surface area contributed by atoms with Gasteiger partial charge in [0.1, 0.15) is 11.3 Å². The van der Waals surface area contributed by atoms with Gasteiger partial charge in [0.05, 0.1) is 18.9 Å². The van der Waals surface area contributed by atoms with Crippen LogP contribution in [0.15, 0.2) is 66.2 Å². The second kappa shape index (κ2) is 13.5. The van der Waals surface area contributed by atoms with E-state index in [1.165, 1.54) is 12.1 Å². The van der Waals surface area contributed by atoms with Crippen molar-refractivity contribution in [3.63, 3.8) is 0 Å². The summed E-state index contributed by atoms with van der Waals surface area (Å²) in [5.41, 5.74) is 2.98. The number of hydrogen-bond donors (Lipinski definition) is 2. The number of carbonyl (C=O) groups is 4. The van der Waals surface area contributed by atoms with E-state index in [9.17, 15) is 19.2 Å². The topological polar surface area (TPSA) is 123 Å². The van der Waals surface area contributed by atoms with Crippen LogP contribution in [0.5, 0.6) is 17.2 Å². The Morgan fingerprint density at radius 3 is 2.45 bits per heavy atom. The highest BCUT2D eigenvalue weighted by Gasteiger charge is 2.37. The Kier molecular flexibility index (Phi) is 9.59. The Hall–Kier alpha value is -5.12. The second-order valence-electron chi connectivity index (χ2n) is 9.49. The van der Waals surface area contributed by atoms with Gasteiger partial charge in [-0.2, -0.15) is 0 Å². The predicted molar refractivity (Wildman–Crippen MR) is 159 cm³/mol. The molecule has 10 nitrogen and oxygen atoms in total. The SMILES string of the molecule is CCCOc1ccc(N2C(=O)NC(=O)/C(=C\c3ccccc3OCC(=O)Nc3cccc(C)c3C)C2=O)cc1OCC. The average Bonchev–Trinajstić information content (AvgIpc) is 2.96. The lowest BCUT2D eigenvalue weighted by atomic mass is 10.1. The fourth-order valence-corrected chi connectivity index (χ4v) is 4.23. The molecule has 10 heteroatoms. The van der Waals surface area contributed by atoms with Crippen LogP contribution in [0, 0.1) is 13.8 Å². The number of benzene rings is 3. The number of hydrogen-bond acceptors (Lipinski definition) is 7. The number of urea groups is 1. The van der Waals surface area contributed by atoms with Crippen molar-refractivity contribution >= 4 is 41.2 Å². The van der Waals surface area contributed by atoms with Gasteiger partial charge in [-0.25, -0.2) is 9.69 Å². The maximum Gasteiger partial charge on any atom is 0.335 e. The number of barbiturate groups is 1. The van der Waals surface area contributed by atoms with E-state index in [1.807, 2.05) is 39.0 Å². The molecule has 0 saturated carbocycles. The highest BCUT2D eigenvalue weighted by Crippen LogP contribution is 2.34. The van der Waals surface area contributed by atoms with E-state index in [0.29, 0.717) is 36.0 Å². The van der Waals surface area contributed by atoms with Gasteiger partial charge in [0.2, 0.25) is 0 Å². The first-order valence-corrected chi connectivity index (χ1v) is 13.6. The molecule has 0 spiro atoms. The minimum Gasteiger partial charge on any atom is -0.490 e. The Morgan fingerprint density at radius 1 is 0.905 bits per heavy atom. The second-order valence-corrected chi connectivity index (χ2v) is 9.49. The van der Waals surface area contributed by atoms with Gasteiger partial charge in [-0.1, -0.05) is 37.3 Å². The van der Waals surface area contributed by atoms with E-state index < -0.39 is 17.8 Å². The van der Waals surface area contributed by atoms with Gasteiger partial charge < -0.3 is 19.5 Å². The molecule has 3 aromatic rings. The maximum atomic E-state index is 13.5. The standard InChI is InChI=1S/C32H33N3O7/c1-5-16-41-27-15-14-23(18-28(27)40-6-2)35-31(38)24(30(37)34-32(35)39)17-22-11-7-8-13-26(22)42-19-29(36)33-25-12-9-10-20(3)21(25)4/h7-15,17-18H,5-6,16,19H2,1-4H3,(H,33,36)(H,34,37,39)/b24-17+. The van der Waals surface area contributed by atoms with Crippen LogP contribution in [0.4, 0.5) is 16.2 Å². The van der Waals surface area contributed by atoms with Crippen LogP contribution in [-0.4, -0.2) is 43.6 Å². The van der Waals surface area contributed by atoms with Crippen molar-refractivity contribution < 1.29 is 33.4 Å². The summed E-state index contributed by atoms with van der Waals surface area (Å²) in [6.45, 7) is 8.16. The summed E-state index contributed by atoms with van der Waals surface area (Å²) in [6, 6.07) is 16.1. The number of anilines is 2. The predicted octanol–water partition coefficient (Wildman–Crippen LogP) is 5.17. The number of carbonyl (C=O) groups excluding carboxylic acids is 4. The molecule has 1 fully saturated rings. The summed E-state index contributed by atoms with van der Waals surface area (Å²) < 4.78 is 17.1. The number of nitrogens with one attached hydrogen (secondary N) is 2. The average molecular weight is 572 g/mol. The normalized spacial score (nSPS) is 14.0. The van der Waals surface area contributed by atoms with Crippen molar-refractivity contribution in [2.75, 3.05) is 30.0 Å². The van der Waals surface area contributed by atoms with Gasteiger partial charge in [0.25, 0.3) is 17.7 Å². The van der Waals surface area contributed by atoms with Gasteiger partial charge in [-0.15, -0.1) is 0 Å². The number of ether oxygens (including phenoxy) is 3. The first-order valence-electron chi connectivity index (χ1n) is 13.6. The molecule has 218 valence electrons. The lowest BCUT2D eigenvalue weighted by molar-refractivity contribution is -0.122. The number of aryl methyl sites for hydroxylation is 1. The summed E-state index contributed by atoms with van der Waals surface area (Å²) in [7, 11) is 0. The Labute approximate surface area is 244 Å². The third-order valence-electron chi connectivity index (χ3n) is 6.51. The van der Waals surface area contributed by atoms with Gasteiger partial charge in [0, 0.05) is 17.3 Å². The molecule has 1 aliphatic rings. The molecule has 0 radical (unpaired) electrons. The number of nitrogens with zero attached hydrogens (tertiary/aromatic N) is 1. The zero-order valence-electron chi connectivity index (χ0n) is 24.0. The molecule has 2 N–H and O–H groups in total. The molecule has 1 heterocycles. The maximum absolute atomic E-state index is 13.5. The van der Waals surface area contributed by atoms with Crippen LogP contribution in [-0.2, 0) is 14.4 Å². The molecule has 4 rings (SSSR count). The van der Waals surface area contributed by atoms with Gasteiger partial charge in [-0.3, -0.25) is 19.7 Å². The van der Waals surface area contributed by atoms with Gasteiger partial charge >= 0.3 is 6.03 Å². The summed E-state index contributed by atoms with van der Waals surface area (Å²) in [5.74, 6) is -0.921. The zero-order valence-corrected chi connectivity index (χ0v) is 24.0. The van der Waals surface area contributed by atoms with Crippen LogP contribution in [0.3, 0.4) is 0 Å². The third-order valence-corrected chi connectivity index (χ3v) is 6.51. The van der Waals surface area contributed by atoms with E-state index >= 15 is 0 Å². The molecule has 1 aliphatic heterocycles. The third kappa shape index (κ3) is 6.77. The molecule has 42 heavy (non-hydrogen) atoms. The van der Waals surface area contributed by atoms with Crippen LogP contribution in [0.25, 0.3) is 6.08 Å². The molecule has 0 aromatic heterocycles. The molecule has 0 atom stereocenters. The molecule has 1 saturated heterocycles. The molecule has 0 aliphatic carbocycles. The van der Waals surface area contributed by atoms with E-state index in [1.54, 1.807) is 43.3 Å². The Bertz CT molecular complexity index is 1550. The molecular weight excluding hydrogens is 538 g/mol. The van der Waals surface area contributed by atoms with Crippen molar-refractivity contribution in [1.82, 2.24) is 5.32 Å². The summed E-state index contributed by atoms with van der Waals surface area (Å²) in [6.07, 6.45) is 2.12. The molecular formula is C32H33N3O7. The summed E-state index contributed by atoms with van der Waals surface area (Å²) in [5, 5.41) is 5.05. The van der Waals surface area contributed by atoms with E-state index in [0.717, 1.165) is 22.4 Å². The van der Waals surface area contributed by atoms with E-state index in [-0.39, 0.29) is 29.5 Å². The van der Waals surface area contributed by atoms with E-state index in [2.05, 4.69) is 10.6 Å². The van der Waals surface area contributed by atoms with Crippen LogP contribution in [0.2, 0.25) is 0 Å². The van der Waals surface area contributed by atoms with E-state index in [4.69, 9.17) is 14.2 Å². The van der Waals surface area contributed by atoms with Crippen molar-refractivity contribution in [2.24, 2.45) is 0 Å². The molecule has 0 unspecified atom stereocenters. The molecule has 0 bridgehead atoms. The van der Waals surface area contributed by atoms with Crippen molar-refractivity contribution in [3.8, 4) is 17.2 Å². The highest BCUT2D eigenvalue weighted by molar-refractivity contribution is 6.39. The Balaban J connectivity index is 1.57. The van der Waals surface area contributed by atoms with Crippen LogP contribution >= 0.6 is 0 Å². The lowest BCUT2D eigenvalue weighted by Gasteiger charge is -2.27. The number of amides is 5. The monoisotopic (exact) mass is 571 g/mol. The number of imide groups is 2. The minimum absolute atomic E-state index is 0.204. The molecule has 3 aromatic carbocycles. The van der Waals surface area contributed by atoms with Crippen molar-refractivity contribution in [3.05, 3.63) is 82.9 Å². The zero-order chi connectivity index (χ0) is 30.2. The largest absolute Gasteiger partial charge is 0.490 e. The Morgan fingerprint density at radius 2 is 1.69 bits per heavy atom. The smallest absolute Gasteiger partial charge is 0.335 e. The highest BCUT2D eigenvalue weighted by atomic mass is 16.5. The lowest BCUT2D eigenvalue weighted by Crippen LogP contribution is -2.54. The molecule has 5 amide bonds. The van der Waals surface area contributed by atoms with Crippen molar-refractivity contribution in [1.29, 1.82) is 0 Å². The fourth-order valence-electron chi connectivity index (χ4n) is 4.23.